The lowest BCUT2D eigenvalue weighted by atomic mass is 9.78. The molecule has 0 radical (unpaired) electrons. The van der Waals surface area contributed by atoms with Gasteiger partial charge in [-0.3, -0.25) is 0 Å². The number of fused-ring (bicyclic) bond motifs is 1. The summed E-state index contributed by atoms with van der Waals surface area (Å²) in [6.07, 6.45) is 6.14. The van der Waals surface area contributed by atoms with Gasteiger partial charge in [-0.25, -0.2) is 0 Å². The minimum absolute atomic E-state index is 0.617. The number of benzene rings is 1. The molecule has 1 aromatic rings. The maximum atomic E-state index is 3.71. The number of hydrogen-bond donors (Lipinski definition) is 2. The largest absolute Gasteiger partial charge is 0.314 e. The van der Waals surface area contributed by atoms with Crippen LogP contribution in [0.5, 0.6) is 0 Å². The molecule has 1 saturated heterocycles. The summed E-state index contributed by atoms with van der Waals surface area (Å²) < 4.78 is 0. The van der Waals surface area contributed by atoms with Crippen molar-refractivity contribution in [2.75, 3.05) is 25.9 Å². The van der Waals surface area contributed by atoms with E-state index in [1.165, 1.54) is 24.2 Å². The second kappa shape index (κ2) is 5.64. The van der Waals surface area contributed by atoms with E-state index in [0.29, 0.717) is 12.0 Å². The van der Waals surface area contributed by atoms with Crippen LogP contribution in [0.25, 0.3) is 0 Å². The summed E-state index contributed by atoms with van der Waals surface area (Å²) in [4.78, 5) is 1.49. The van der Waals surface area contributed by atoms with E-state index in [9.17, 15) is 0 Å². The lowest BCUT2D eigenvalue weighted by molar-refractivity contribution is 0.339. The molecule has 3 heteroatoms. The molecule has 0 spiro atoms. The van der Waals surface area contributed by atoms with Crippen LogP contribution in [-0.4, -0.2) is 31.9 Å². The minimum Gasteiger partial charge on any atom is -0.314 e. The summed E-state index contributed by atoms with van der Waals surface area (Å²) in [7, 11) is 0. The van der Waals surface area contributed by atoms with Gasteiger partial charge in [0.15, 0.2) is 0 Å². The van der Waals surface area contributed by atoms with Crippen LogP contribution >= 0.6 is 11.8 Å². The molecular weight excluding hydrogens is 240 g/mol. The Kier molecular flexibility index (Phi) is 3.92. The second-order valence-electron chi connectivity index (χ2n) is 5.30. The molecule has 0 amide bonds. The number of piperazine rings is 1. The van der Waals surface area contributed by atoms with E-state index in [-0.39, 0.29) is 0 Å². The van der Waals surface area contributed by atoms with Gasteiger partial charge in [-0.15, -0.1) is 11.8 Å². The van der Waals surface area contributed by atoms with E-state index in [1.54, 1.807) is 11.1 Å². The molecule has 18 heavy (non-hydrogen) atoms. The first kappa shape index (κ1) is 12.5. The quantitative estimate of drug-likeness (QED) is 0.800. The Labute approximate surface area is 114 Å². The molecule has 2 N–H and O–H groups in total. The molecule has 1 heterocycles. The van der Waals surface area contributed by atoms with Crippen LogP contribution in [0.3, 0.4) is 0 Å². The van der Waals surface area contributed by atoms with Crippen molar-refractivity contribution in [1.29, 1.82) is 0 Å². The van der Waals surface area contributed by atoms with E-state index < -0.39 is 0 Å². The first-order chi connectivity index (χ1) is 8.90. The monoisotopic (exact) mass is 262 g/mol. The molecule has 2 unspecified atom stereocenters. The molecule has 1 aromatic carbocycles. The fourth-order valence-electron chi connectivity index (χ4n) is 3.43. The summed E-state index contributed by atoms with van der Waals surface area (Å²) in [6, 6.07) is 7.46. The molecule has 0 aromatic heterocycles. The predicted molar refractivity (Wildman–Crippen MR) is 78.6 cm³/mol. The van der Waals surface area contributed by atoms with Crippen LogP contribution in [0.15, 0.2) is 23.1 Å². The van der Waals surface area contributed by atoms with Crippen LogP contribution in [0.2, 0.25) is 0 Å². The second-order valence-corrected chi connectivity index (χ2v) is 6.14. The van der Waals surface area contributed by atoms with Gasteiger partial charge < -0.3 is 10.6 Å². The molecule has 1 aliphatic carbocycles. The third-order valence-electron chi connectivity index (χ3n) is 4.27. The molecular formula is C15H22N2S. The molecule has 2 nitrogen and oxygen atoms in total. The predicted octanol–water partition coefficient (Wildman–Crippen LogP) is 2.39. The van der Waals surface area contributed by atoms with Crippen LogP contribution in [-0.2, 0) is 6.42 Å². The molecule has 0 bridgehead atoms. The van der Waals surface area contributed by atoms with E-state index >= 15 is 0 Å². The van der Waals surface area contributed by atoms with Crippen molar-refractivity contribution in [2.45, 2.75) is 36.1 Å². The third-order valence-corrected chi connectivity index (χ3v) is 5.06. The summed E-state index contributed by atoms with van der Waals surface area (Å²) >= 11 is 1.90. The van der Waals surface area contributed by atoms with Crippen LogP contribution in [0.4, 0.5) is 0 Å². The Morgan fingerprint density at radius 2 is 2.22 bits per heavy atom. The van der Waals surface area contributed by atoms with Gasteiger partial charge in [0.25, 0.3) is 0 Å². The number of aryl methyl sites for hydroxylation is 1. The number of rotatable bonds is 2. The van der Waals surface area contributed by atoms with Gasteiger partial charge in [0.1, 0.15) is 0 Å². The Balaban J connectivity index is 1.94. The van der Waals surface area contributed by atoms with Gasteiger partial charge in [0.05, 0.1) is 0 Å². The molecule has 2 aliphatic rings. The first-order valence-corrected chi connectivity index (χ1v) is 8.22. The lowest BCUT2D eigenvalue weighted by Gasteiger charge is -2.36. The topological polar surface area (TPSA) is 24.1 Å². The highest BCUT2D eigenvalue weighted by molar-refractivity contribution is 7.98. The van der Waals surface area contributed by atoms with E-state index in [0.717, 1.165) is 19.6 Å². The first-order valence-electron chi connectivity index (χ1n) is 7.00. The zero-order chi connectivity index (χ0) is 12.4. The minimum atomic E-state index is 0.617. The molecule has 3 rings (SSSR count). The Bertz CT molecular complexity index is 399. The van der Waals surface area contributed by atoms with Crippen LogP contribution in [0, 0.1) is 0 Å². The zero-order valence-corrected chi connectivity index (χ0v) is 11.9. The summed E-state index contributed by atoms with van der Waals surface area (Å²) in [5.74, 6) is 0.699. The molecule has 2 atom stereocenters. The van der Waals surface area contributed by atoms with Gasteiger partial charge in [-0.1, -0.05) is 12.1 Å². The number of hydrogen-bond acceptors (Lipinski definition) is 3. The molecule has 1 aliphatic heterocycles. The Hall–Kier alpha value is -0.510. The van der Waals surface area contributed by atoms with E-state index in [4.69, 9.17) is 0 Å². The van der Waals surface area contributed by atoms with Gasteiger partial charge in [0.2, 0.25) is 0 Å². The van der Waals surface area contributed by atoms with Crippen molar-refractivity contribution in [2.24, 2.45) is 0 Å². The van der Waals surface area contributed by atoms with Gasteiger partial charge in [0, 0.05) is 36.5 Å². The maximum absolute atomic E-state index is 3.71. The smallest absolute Gasteiger partial charge is 0.0262 e. The van der Waals surface area contributed by atoms with Crippen molar-refractivity contribution in [3.8, 4) is 0 Å². The van der Waals surface area contributed by atoms with Crippen molar-refractivity contribution in [3.63, 3.8) is 0 Å². The normalized spacial score (nSPS) is 27.8. The molecule has 98 valence electrons. The van der Waals surface area contributed by atoms with Gasteiger partial charge in [-0.2, -0.15) is 0 Å². The fourth-order valence-corrected chi connectivity index (χ4v) is 4.14. The number of nitrogens with one attached hydrogen (secondary N) is 2. The van der Waals surface area contributed by atoms with Gasteiger partial charge in [-0.05, 0) is 42.7 Å². The van der Waals surface area contributed by atoms with E-state index in [1.807, 2.05) is 11.8 Å². The maximum Gasteiger partial charge on any atom is 0.0262 e. The Morgan fingerprint density at radius 3 is 3.00 bits per heavy atom. The zero-order valence-electron chi connectivity index (χ0n) is 11.0. The number of thioether (sulfide) groups is 1. The van der Waals surface area contributed by atoms with Crippen molar-refractivity contribution in [1.82, 2.24) is 10.6 Å². The highest BCUT2D eigenvalue weighted by Gasteiger charge is 2.30. The lowest BCUT2D eigenvalue weighted by Crippen LogP contribution is -2.51. The standard InChI is InChI=1S/C15H22N2S/c1-18-14-7-3-5-11-4-2-6-12(15(11)14)13-10-16-8-9-17-13/h3,5,7,12-13,16-17H,2,4,6,8-10H2,1H3. The SMILES string of the molecule is CSc1cccc2c1C(C1CNCCN1)CCC2. The Morgan fingerprint density at radius 1 is 1.28 bits per heavy atom. The van der Waals surface area contributed by atoms with Crippen LogP contribution < -0.4 is 10.6 Å². The summed E-state index contributed by atoms with van der Waals surface area (Å²) in [5.41, 5.74) is 3.22. The average Bonchev–Trinajstić information content (AvgIpc) is 2.47. The molecule has 0 saturated carbocycles. The van der Waals surface area contributed by atoms with Crippen molar-refractivity contribution in [3.05, 3.63) is 29.3 Å². The highest BCUT2D eigenvalue weighted by atomic mass is 32.2. The van der Waals surface area contributed by atoms with Crippen molar-refractivity contribution >= 4 is 11.8 Å². The summed E-state index contributed by atoms with van der Waals surface area (Å²) in [5, 5.41) is 7.24. The van der Waals surface area contributed by atoms with Crippen LogP contribution in [0.1, 0.15) is 29.9 Å². The molecule has 1 fully saturated rings. The third kappa shape index (κ3) is 2.31. The van der Waals surface area contributed by atoms with Crippen molar-refractivity contribution < 1.29 is 0 Å². The highest BCUT2D eigenvalue weighted by Crippen LogP contribution is 2.39. The van der Waals surface area contributed by atoms with E-state index in [2.05, 4.69) is 35.1 Å². The van der Waals surface area contributed by atoms with Gasteiger partial charge >= 0.3 is 0 Å². The fraction of sp³-hybridized carbons (Fsp3) is 0.600. The summed E-state index contributed by atoms with van der Waals surface area (Å²) in [6.45, 7) is 3.34. The average molecular weight is 262 g/mol.